The number of hydrogen-bond donors (Lipinski definition) is 0. The summed E-state index contributed by atoms with van der Waals surface area (Å²) in [4.78, 5) is 25.8. The molecule has 1 amide bonds. The average Bonchev–Trinajstić information content (AvgIpc) is 3.08. The van der Waals surface area contributed by atoms with Crippen LogP contribution >= 0.6 is 23.1 Å². The molecule has 0 aliphatic heterocycles. The monoisotopic (exact) mass is 456 g/mol. The van der Waals surface area contributed by atoms with E-state index in [4.69, 9.17) is 0 Å². The summed E-state index contributed by atoms with van der Waals surface area (Å²) in [6.45, 7) is 1.03. The first kappa shape index (κ1) is 22.3. The number of thioether (sulfide) groups is 1. The quantitative estimate of drug-likeness (QED) is 0.472. The zero-order valence-corrected chi connectivity index (χ0v) is 17.9. The van der Waals surface area contributed by atoms with Crippen molar-refractivity contribution in [3.8, 4) is 5.75 Å². The topological polar surface area (TPSA) is 58.6 Å². The number of carbonyl (C=O) groups excluding carboxylic acids is 1. The van der Waals surface area contributed by atoms with Gasteiger partial charge in [0.25, 0.3) is 0 Å². The molecule has 0 aliphatic carbocycles. The number of hydrogen-bond acceptors (Lipinski definition) is 7. The Morgan fingerprint density at radius 1 is 1.17 bits per heavy atom. The van der Waals surface area contributed by atoms with Gasteiger partial charge in [0.1, 0.15) is 5.75 Å². The molecule has 0 fully saturated rings. The van der Waals surface area contributed by atoms with Crippen LogP contribution in [-0.2, 0) is 4.79 Å². The normalized spacial score (nSPS) is 11.8. The smallest absolute Gasteiger partial charge is 0.406 e. The number of aromatic nitrogens is 2. The molecule has 2 aromatic heterocycles. The van der Waals surface area contributed by atoms with Gasteiger partial charge in [-0.05, 0) is 38.4 Å². The van der Waals surface area contributed by atoms with Gasteiger partial charge in [0.2, 0.25) is 5.91 Å². The predicted molar refractivity (Wildman–Crippen MR) is 112 cm³/mol. The molecule has 160 valence electrons. The Hall–Kier alpha value is -2.37. The Labute approximate surface area is 179 Å². The molecule has 6 nitrogen and oxygen atoms in total. The molecular formula is C19H19F3N4O2S2. The fourth-order valence-corrected chi connectivity index (χ4v) is 4.29. The average molecular weight is 457 g/mol. The molecule has 0 N–H and O–H groups in total. The van der Waals surface area contributed by atoms with E-state index in [0.29, 0.717) is 28.4 Å². The lowest BCUT2D eigenvalue weighted by Gasteiger charge is -2.21. The summed E-state index contributed by atoms with van der Waals surface area (Å²) in [6.07, 6.45) is -1.45. The molecule has 0 atom stereocenters. The van der Waals surface area contributed by atoms with Gasteiger partial charge in [-0.15, -0.1) is 24.9 Å². The molecule has 1 aromatic carbocycles. The number of rotatable bonds is 8. The van der Waals surface area contributed by atoms with Crippen LogP contribution in [-0.4, -0.2) is 60.1 Å². The van der Waals surface area contributed by atoms with Crippen LogP contribution in [0.5, 0.6) is 5.75 Å². The minimum absolute atomic E-state index is 0.135. The fourth-order valence-electron chi connectivity index (χ4n) is 2.49. The van der Waals surface area contributed by atoms with E-state index in [1.165, 1.54) is 30.0 Å². The Balaban J connectivity index is 1.81. The minimum atomic E-state index is -4.76. The van der Waals surface area contributed by atoms with Crippen molar-refractivity contribution in [1.82, 2.24) is 14.9 Å². The van der Waals surface area contributed by atoms with Gasteiger partial charge in [-0.1, -0.05) is 11.3 Å². The van der Waals surface area contributed by atoms with Crippen molar-refractivity contribution < 1.29 is 22.7 Å². The molecule has 30 heavy (non-hydrogen) atoms. The van der Waals surface area contributed by atoms with E-state index in [-0.39, 0.29) is 17.4 Å². The predicted octanol–water partition coefficient (Wildman–Crippen LogP) is 4.28. The zero-order chi connectivity index (χ0) is 21.7. The van der Waals surface area contributed by atoms with E-state index in [1.807, 2.05) is 31.1 Å². The lowest BCUT2D eigenvalue weighted by Crippen LogP contribution is -2.37. The van der Waals surface area contributed by atoms with Crippen molar-refractivity contribution in [2.24, 2.45) is 0 Å². The van der Waals surface area contributed by atoms with Crippen LogP contribution in [0.25, 0.3) is 10.2 Å². The number of ether oxygens (including phenoxy) is 1. The summed E-state index contributed by atoms with van der Waals surface area (Å²) in [7, 11) is 3.79. The first-order valence-electron chi connectivity index (χ1n) is 8.85. The van der Waals surface area contributed by atoms with Crippen molar-refractivity contribution in [2.75, 3.05) is 37.8 Å². The number of thiazole rings is 1. The number of likely N-dealkylation sites (N-methyl/N-ethyl adjacent to an activating group) is 1. The number of benzene rings is 1. The van der Waals surface area contributed by atoms with Crippen LogP contribution in [0.15, 0.2) is 47.6 Å². The van der Waals surface area contributed by atoms with Crippen molar-refractivity contribution in [1.29, 1.82) is 0 Å². The summed E-state index contributed by atoms with van der Waals surface area (Å²) in [6, 6.07) is 7.59. The van der Waals surface area contributed by atoms with Crippen LogP contribution in [0.4, 0.5) is 18.3 Å². The van der Waals surface area contributed by atoms with Gasteiger partial charge in [-0.2, -0.15) is 0 Å². The Morgan fingerprint density at radius 3 is 2.57 bits per heavy atom. The zero-order valence-electron chi connectivity index (χ0n) is 16.2. The van der Waals surface area contributed by atoms with E-state index < -0.39 is 6.36 Å². The van der Waals surface area contributed by atoms with Gasteiger partial charge < -0.3 is 9.64 Å². The molecule has 0 saturated heterocycles. The highest BCUT2D eigenvalue weighted by atomic mass is 32.2. The highest BCUT2D eigenvalue weighted by molar-refractivity contribution is 8.00. The van der Waals surface area contributed by atoms with E-state index in [0.717, 1.165) is 16.2 Å². The Morgan fingerprint density at radius 2 is 1.90 bits per heavy atom. The van der Waals surface area contributed by atoms with Crippen LogP contribution in [0.3, 0.4) is 0 Å². The molecule has 2 heterocycles. The summed E-state index contributed by atoms with van der Waals surface area (Å²) in [5.41, 5.74) is 0.508. The first-order valence-corrected chi connectivity index (χ1v) is 10.7. The number of nitrogens with zero attached hydrogens (tertiary/aromatic N) is 4. The van der Waals surface area contributed by atoms with Gasteiger partial charge in [0, 0.05) is 36.4 Å². The van der Waals surface area contributed by atoms with Crippen LogP contribution < -0.4 is 9.64 Å². The molecule has 3 aromatic rings. The van der Waals surface area contributed by atoms with E-state index >= 15 is 0 Å². The number of anilines is 1. The number of halogens is 3. The van der Waals surface area contributed by atoms with E-state index in [9.17, 15) is 18.0 Å². The molecular weight excluding hydrogens is 437 g/mol. The molecule has 0 radical (unpaired) electrons. The third kappa shape index (κ3) is 6.31. The minimum Gasteiger partial charge on any atom is -0.406 e. The lowest BCUT2D eigenvalue weighted by atomic mass is 10.3. The molecule has 0 saturated carbocycles. The number of pyridine rings is 1. The molecule has 0 spiro atoms. The number of alkyl halides is 3. The largest absolute Gasteiger partial charge is 0.573 e. The fraction of sp³-hybridized carbons (Fsp3) is 0.316. The standard InChI is InChI=1S/C19H19F3N4O2S2/c1-25(2)9-10-26(17(27)12-29-14-5-7-23-8-6-14)18-24-15-4-3-13(11-16(15)30-18)28-19(20,21)22/h3-8,11H,9-10,12H2,1-2H3. The van der Waals surface area contributed by atoms with Gasteiger partial charge >= 0.3 is 6.36 Å². The van der Waals surface area contributed by atoms with Gasteiger partial charge in [-0.25, -0.2) is 4.98 Å². The highest BCUT2D eigenvalue weighted by Crippen LogP contribution is 2.33. The number of carbonyl (C=O) groups is 1. The van der Waals surface area contributed by atoms with E-state index in [2.05, 4.69) is 14.7 Å². The Bertz CT molecular complexity index is 996. The maximum absolute atomic E-state index is 12.9. The highest BCUT2D eigenvalue weighted by Gasteiger charge is 2.31. The Kier molecular flexibility index (Phi) is 7.16. The molecule has 0 aliphatic rings. The van der Waals surface area contributed by atoms with Gasteiger partial charge in [0.05, 0.1) is 16.0 Å². The second-order valence-corrected chi connectivity index (χ2v) is 8.55. The first-order chi connectivity index (χ1) is 14.2. The molecule has 0 unspecified atom stereocenters. The summed E-state index contributed by atoms with van der Waals surface area (Å²) < 4.78 is 41.9. The summed E-state index contributed by atoms with van der Waals surface area (Å²) in [5.74, 6) is -0.246. The van der Waals surface area contributed by atoms with Crippen LogP contribution in [0.2, 0.25) is 0 Å². The van der Waals surface area contributed by atoms with E-state index in [1.54, 1.807) is 17.3 Å². The number of amides is 1. The van der Waals surface area contributed by atoms with Crippen molar-refractivity contribution in [3.63, 3.8) is 0 Å². The SMILES string of the molecule is CN(C)CCN(C(=O)CSc1ccncc1)c1nc2ccc(OC(F)(F)F)cc2s1. The van der Waals surface area contributed by atoms with Crippen LogP contribution in [0.1, 0.15) is 0 Å². The summed E-state index contributed by atoms with van der Waals surface area (Å²) >= 11 is 2.54. The van der Waals surface area contributed by atoms with Gasteiger partial charge in [-0.3, -0.25) is 14.7 Å². The van der Waals surface area contributed by atoms with Crippen molar-refractivity contribution in [3.05, 3.63) is 42.7 Å². The molecule has 3 rings (SSSR count). The van der Waals surface area contributed by atoms with Crippen molar-refractivity contribution >= 4 is 44.4 Å². The third-order valence-corrected chi connectivity index (χ3v) is 5.93. The summed E-state index contributed by atoms with van der Waals surface area (Å²) in [5, 5.41) is 0.441. The second-order valence-electron chi connectivity index (χ2n) is 6.49. The maximum Gasteiger partial charge on any atom is 0.573 e. The van der Waals surface area contributed by atoms with Gasteiger partial charge in [0.15, 0.2) is 5.13 Å². The second kappa shape index (κ2) is 9.63. The van der Waals surface area contributed by atoms with Crippen molar-refractivity contribution in [2.45, 2.75) is 11.3 Å². The number of fused-ring (bicyclic) bond motifs is 1. The van der Waals surface area contributed by atoms with Crippen LogP contribution in [0, 0.1) is 0 Å². The molecule has 0 bridgehead atoms. The maximum atomic E-state index is 12.9. The molecule has 11 heteroatoms. The lowest BCUT2D eigenvalue weighted by molar-refractivity contribution is -0.274. The third-order valence-electron chi connectivity index (χ3n) is 3.90.